The number of hydrogen-bond acceptors (Lipinski definition) is 3. The van der Waals surface area contributed by atoms with Crippen molar-refractivity contribution in [2.75, 3.05) is 11.6 Å². The summed E-state index contributed by atoms with van der Waals surface area (Å²) in [6.07, 6.45) is 1.67. The van der Waals surface area contributed by atoms with Crippen molar-refractivity contribution < 1.29 is 0 Å². The highest BCUT2D eigenvalue weighted by atomic mass is 35.5. The minimum Gasteiger partial charge on any atom is -0.312 e. The molecule has 0 atom stereocenters. The Hall–Kier alpha value is -0.480. The predicted molar refractivity (Wildman–Crippen MR) is 51.6 cm³/mol. The molecule has 0 N–H and O–H groups in total. The van der Waals surface area contributed by atoms with Gasteiger partial charge in [0.25, 0.3) is 0 Å². The van der Waals surface area contributed by atoms with E-state index in [-0.39, 0.29) is 0 Å². The van der Waals surface area contributed by atoms with Gasteiger partial charge in [-0.25, -0.2) is 0 Å². The fraction of sp³-hybridized carbons (Fsp3) is 0.429. The lowest BCUT2D eigenvalue weighted by atomic mass is 10.4. The lowest BCUT2D eigenvalue weighted by Gasteiger charge is -1.99. The first-order chi connectivity index (χ1) is 5.74. The fourth-order valence-corrected chi connectivity index (χ4v) is 1.61. The maximum atomic E-state index is 5.58. The number of alkyl halides is 1. The predicted octanol–water partition coefficient (Wildman–Crippen LogP) is 1.70. The molecule has 1 aromatic rings. The molecule has 0 aliphatic heterocycles. The average Bonchev–Trinajstić information content (AvgIpc) is 2.47. The van der Waals surface area contributed by atoms with Crippen LogP contribution in [-0.2, 0) is 7.05 Å². The molecule has 0 aromatic carbocycles. The van der Waals surface area contributed by atoms with E-state index in [1.165, 1.54) is 0 Å². The van der Waals surface area contributed by atoms with Crippen LogP contribution in [0.25, 0.3) is 0 Å². The number of thioether (sulfide) groups is 1. The summed E-state index contributed by atoms with van der Waals surface area (Å²) in [6, 6.07) is 0. The van der Waals surface area contributed by atoms with Crippen LogP contribution in [0, 0.1) is 0 Å². The van der Waals surface area contributed by atoms with E-state index in [2.05, 4.69) is 16.8 Å². The van der Waals surface area contributed by atoms with Gasteiger partial charge in [0, 0.05) is 18.7 Å². The molecule has 0 bridgehead atoms. The molecule has 1 rings (SSSR count). The van der Waals surface area contributed by atoms with E-state index >= 15 is 0 Å². The molecule has 66 valence electrons. The second-order valence-corrected chi connectivity index (χ2v) is 3.61. The largest absolute Gasteiger partial charge is 0.312 e. The van der Waals surface area contributed by atoms with Gasteiger partial charge in [-0.2, -0.15) is 0 Å². The number of aromatic nitrogens is 3. The SMILES string of the molecule is C=C(CCl)CSc1nncn1C. The summed E-state index contributed by atoms with van der Waals surface area (Å²) in [5.74, 6) is 1.31. The smallest absolute Gasteiger partial charge is 0.191 e. The van der Waals surface area contributed by atoms with Gasteiger partial charge in [0.15, 0.2) is 5.16 Å². The number of nitrogens with zero attached hydrogens (tertiary/aromatic N) is 3. The molecule has 0 saturated heterocycles. The van der Waals surface area contributed by atoms with E-state index in [0.29, 0.717) is 5.88 Å². The number of aryl methyl sites for hydroxylation is 1. The van der Waals surface area contributed by atoms with Crippen molar-refractivity contribution in [3.05, 3.63) is 18.5 Å². The standard InChI is InChI=1S/C7H10ClN3S/c1-6(3-8)4-12-7-10-9-5-11(7)2/h5H,1,3-4H2,2H3. The van der Waals surface area contributed by atoms with Crippen molar-refractivity contribution in [2.24, 2.45) is 7.05 Å². The minimum atomic E-state index is 0.505. The van der Waals surface area contributed by atoms with E-state index in [4.69, 9.17) is 11.6 Å². The Morgan fingerprint density at radius 1 is 1.83 bits per heavy atom. The van der Waals surface area contributed by atoms with Crippen LogP contribution in [0.5, 0.6) is 0 Å². The molecule has 5 heteroatoms. The summed E-state index contributed by atoms with van der Waals surface area (Å²) in [6.45, 7) is 3.79. The molecule has 0 amide bonds. The molecule has 1 heterocycles. The van der Waals surface area contributed by atoms with Crippen LogP contribution in [0.4, 0.5) is 0 Å². The highest BCUT2D eigenvalue weighted by molar-refractivity contribution is 7.99. The molecule has 1 aromatic heterocycles. The van der Waals surface area contributed by atoms with E-state index in [1.807, 2.05) is 11.6 Å². The zero-order valence-electron chi connectivity index (χ0n) is 6.83. The third-order valence-corrected chi connectivity index (χ3v) is 2.82. The monoisotopic (exact) mass is 203 g/mol. The number of halogens is 1. The van der Waals surface area contributed by atoms with E-state index < -0.39 is 0 Å². The Bertz CT molecular complexity index is 271. The van der Waals surface area contributed by atoms with Crippen LogP contribution >= 0.6 is 23.4 Å². The van der Waals surface area contributed by atoms with Gasteiger partial charge in [0.2, 0.25) is 0 Å². The van der Waals surface area contributed by atoms with Crippen LogP contribution in [0.15, 0.2) is 23.6 Å². The lowest BCUT2D eigenvalue weighted by Crippen LogP contribution is -1.92. The van der Waals surface area contributed by atoms with Gasteiger partial charge >= 0.3 is 0 Å². The Morgan fingerprint density at radius 3 is 3.08 bits per heavy atom. The van der Waals surface area contributed by atoms with Gasteiger partial charge in [-0.15, -0.1) is 21.8 Å². The average molecular weight is 204 g/mol. The third kappa shape index (κ3) is 2.53. The van der Waals surface area contributed by atoms with Gasteiger partial charge in [0.05, 0.1) is 0 Å². The highest BCUT2D eigenvalue weighted by Gasteiger charge is 2.01. The van der Waals surface area contributed by atoms with E-state index in [9.17, 15) is 0 Å². The summed E-state index contributed by atoms with van der Waals surface area (Å²) in [5.41, 5.74) is 1.00. The zero-order chi connectivity index (χ0) is 8.97. The summed E-state index contributed by atoms with van der Waals surface area (Å²) in [4.78, 5) is 0. The Kier molecular flexibility index (Phi) is 3.62. The van der Waals surface area contributed by atoms with Gasteiger partial charge in [-0.05, 0) is 0 Å². The first kappa shape index (κ1) is 9.61. The first-order valence-corrected chi connectivity index (χ1v) is 4.95. The maximum Gasteiger partial charge on any atom is 0.191 e. The topological polar surface area (TPSA) is 30.7 Å². The fourth-order valence-electron chi connectivity index (χ4n) is 0.608. The molecular formula is C7H10ClN3S. The highest BCUT2D eigenvalue weighted by Crippen LogP contribution is 2.16. The van der Waals surface area contributed by atoms with E-state index in [1.54, 1.807) is 18.1 Å². The van der Waals surface area contributed by atoms with Gasteiger partial charge in [0.1, 0.15) is 6.33 Å². The second-order valence-electron chi connectivity index (χ2n) is 2.40. The van der Waals surface area contributed by atoms with Gasteiger partial charge < -0.3 is 4.57 Å². The Labute approximate surface area is 80.8 Å². The zero-order valence-corrected chi connectivity index (χ0v) is 8.40. The second kappa shape index (κ2) is 4.52. The van der Waals surface area contributed by atoms with Crippen molar-refractivity contribution in [1.29, 1.82) is 0 Å². The molecule has 0 fully saturated rings. The molecule has 0 unspecified atom stereocenters. The lowest BCUT2D eigenvalue weighted by molar-refractivity contribution is 0.789. The van der Waals surface area contributed by atoms with Crippen molar-refractivity contribution in [3.63, 3.8) is 0 Å². The third-order valence-electron chi connectivity index (χ3n) is 1.26. The molecule has 0 spiro atoms. The number of rotatable bonds is 4. The van der Waals surface area contributed by atoms with Crippen LogP contribution in [0.1, 0.15) is 0 Å². The van der Waals surface area contributed by atoms with Crippen LogP contribution in [0.2, 0.25) is 0 Å². The summed E-state index contributed by atoms with van der Waals surface area (Å²) in [7, 11) is 1.91. The molecular weight excluding hydrogens is 194 g/mol. The van der Waals surface area contributed by atoms with Crippen molar-refractivity contribution in [1.82, 2.24) is 14.8 Å². The maximum absolute atomic E-state index is 5.58. The van der Waals surface area contributed by atoms with Crippen LogP contribution in [-0.4, -0.2) is 26.4 Å². The van der Waals surface area contributed by atoms with Crippen molar-refractivity contribution in [2.45, 2.75) is 5.16 Å². The molecule has 3 nitrogen and oxygen atoms in total. The Morgan fingerprint density at radius 2 is 2.58 bits per heavy atom. The summed E-state index contributed by atoms with van der Waals surface area (Å²) < 4.78 is 1.87. The molecule has 0 radical (unpaired) electrons. The van der Waals surface area contributed by atoms with Gasteiger partial charge in [-0.3, -0.25) is 0 Å². The van der Waals surface area contributed by atoms with Crippen LogP contribution in [0.3, 0.4) is 0 Å². The summed E-state index contributed by atoms with van der Waals surface area (Å²) in [5, 5.41) is 8.56. The molecule has 0 aliphatic carbocycles. The number of hydrogen-bond donors (Lipinski definition) is 0. The van der Waals surface area contributed by atoms with E-state index in [0.717, 1.165) is 16.5 Å². The van der Waals surface area contributed by atoms with Crippen molar-refractivity contribution >= 4 is 23.4 Å². The normalized spacial score (nSPS) is 10.2. The Balaban J connectivity index is 2.43. The van der Waals surface area contributed by atoms with Gasteiger partial charge in [-0.1, -0.05) is 23.9 Å². The summed E-state index contributed by atoms with van der Waals surface area (Å²) >= 11 is 7.17. The minimum absolute atomic E-state index is 0.505. The molecule has 12 heavy (non-hydrogen) atoms. The molecule has 0 aliphatic rings. The van der Waals surface area contributed by atoms with Crippen molar-refractivity contribution in [3.8, 4) is 0 Å². The van der Waals surface area contributed by atoms with Crippen LogP contribution < -0.4 is 0 Å². The first-order valence-electron chi connectivity index (χ1n) is 3.43. The quantitative estimate of drug-likeness (QED) is 0.424. The molecule has 0 saturated carbocycles.